The Hall–Kier alpha value is -0.520. The van der Waals surface area contributed by atoms with E-state index in [0.29, 0.717) is 5.75 Å². The molecule has 0 aliphatic rings. The molecule has 1 unspecified atom stereocenters. The van der Waals surface area contributed by atoms with Crippen molar-refractivity contribution in [3.05, 3.63) is 12.7 Å². The van der Waals surface area contributed by atoms with Crippen molar-refractivity contribution in [2.45, 2.75) is 6.10 Å². The van der Waals surface area contributed by atoms with Crippen molar-refractivity contribution in [1.82, 2.24) is 5.32 Å². The fraction of sp³-hybridized carbons (Fsp3) is 0.571. The van der Waals surface area contributed by atoms with E-state index >= 15 is 0 Å². The van der Waals surface area contributed by atoms with Crippen LogP contribution in [0.1, 0.15) is 0 Å². The number of rotatable bonds is 6. The van der Waals surface area contributed by atoms with Gasteiger partial charge in [-0.3, -0.25) is 4.79 Å². The van der Waals surface area contributed by atoms with Crippen LogP contribution in [0.25, 0.3) is 0 Å². The van der Waals surface area contributed by atoms with Crippen molar-refractivity contribution in [2.24, 2.45) is 0 Å². The van der Waals surface area contributed by atoms with E-state index in [1.807, 2.05) is 0 Å². The Morgan fingerprint density at radius 2 is 2.50 bits per heavy atom. The third-order valence-corrected chi connectivity index (χ3v) is 1.48. The van der Waals surface area contributed by atoms with Gasteiger partial charge in [0.15, 0.2) is 0 Å². The van der Waals surface area contributed by atoms with Gasteiger partial charge < -0.3 is 15.2 Å². The zero-order valence-corrected chi connectivity index (χ0v) is 7.59. The average molecular weight is 191 g/mol. The molecular weight excluding hydrogens is 178 g/mol. The second kappa shape index (κ2) is 7.15. The molecule has 1 atom stereocenters. The van der Waals surface area contributed by atoms with Crippen LogP contribution in [0.4, 0.5) is 0 Å². The minimum atomic E-state index is -0.589. The quantitative estimate of drug-likeness (QED) is 0.231. The summed E-state index contributed by atoms with van der Waals surface area (Å²) in [6, 6.07) is 0. The molecule has 0 aromatic heterocycles. The number of aliphatic hydroxyl groups is 1. The minimum Gasteiger partial charge on any atom is -0.390 e. The summed E-state index contributed by atoms with van der Waals surface area (Å²) in [5.74, 6) is 0.0467. The van der Waals surface area contributed by atoms with E-state index in [1.54, 1.807) is 0 Å². The first-order valence-electron chi connectivity index (χ1n) is 3.47. The van der Waals surface area contributed by atoms with Crippen LogP contribution in [0.5, 0.6) is 0 Å². The number of thiol groups is 1. The van der Waals surface area contributed by atoms with Gasteiger partial charge in [0.2, 0.25) is 5.91 Å². The van der Waals surface area contributed by atoms with Gasteiger partial charge in [0.05, 0.1) is 12.7 Å². The molecule has 2 N–H and O–H groups in total. The van der Waals surface area contributed by atoms with Gasteiger partial charge in [-0.15, -0.1) is 0 Å². The van der Waals surface area contributed by atoms with Crippen LogP contribution in [0.15, 0.2) is 12.7 Å². The zero-order valence-electron chi connectivity index (χ0n) is 6.69. The maximum Gasteiger partial charge on any atom is 0.245 e. The highest BCUT2D eigenvalue weighted by atomic mass is 32.1. The zero-order chi connectivity index (χ0) is 9.40. The summed E-state index contributed by atoms with van der Waals surface area (Å²) >= 11 is 3.84. The third kappa shape index (κ3) is 6.21. The Bertz CT molecular complexity index is 152. The first kappa shape index (κ1) is 11.5. The van der Waals surface area contributed by atoms with Crippen LogP contribution in [-0.2, 0) is 9.53 Å². The number of amides is 1. The largest absolute Gasteiger partial charge is 0.390 e. The SMILES string of the molecule is C=CC(=O)NCOCC(O)CS. The molecule has 4 nitrogen and oxygen atoms in total. The van der Waals surface area contributed by atoms with Crippen molar-refractivity contribution < 1.29 is 14.6 Å². The normalized spacial score (nSPS) is 12.2. The number of aliphatic hydroxyl groups excluding tert-OH is 1. The van der Waals surface area contributed by atoms with E-state index in [9.17, 15) is 4.79 Å². The lowest BCUT2D eigenvalue weighted by atomic mass is 10.4. The van der Waals surface area contributed by atoms with Gasteiger partial charge in [-0.1, -0.05) is 6.58 Å². The molecule has 0 aliphatic carbocycles. The topological polar surface area (TPSA) is 58.6 Å². The highest BCUT2D eigenvalue weighted by Gasteiger charge is 2.00. The van der Waals surface area contributed by atoms with Gasteiger partial charge in [-0.05, 0) is 6.08 Å². The summed E-state index contributed by atoms with van der Waals surface area (Å²) in [5, 5.41) is 11.3. The number of hydrogen-bond donors (Lipinski definition) is 3. The molecule has 1 amide bonds. The summed E-state index contributed by atoms with van der Waals surface area (Å²) in [6.07, 6.45) is 0.562. The summed E-state index contributed by atoms with van der Waals surface area (Å²) in [7, 11) is 0. The second-order valence-corrected chi connectivity index (χ2v) is 2.46. The number of ether oxygens (including phenoxy) is 1. The molecule has 0 heterocycles. The monoisotopic (exact) mass is 191 g/mol. The molecule has 70 valence electrons. The van der Waals surface area contributed by atoms with Gasteiger partial charge in [0, 0.05) is 5.75 Å². The molecule has 0 aromatic rings. The lowest BCUT2D eigenvalue weighted by molar-refractivity contribution is -0.118. The average Bonchev–Trinajstić information content (AvgIpc) is 2.11. The molecule has 0 rings (SSSR count). The highest BCUT2D eigenvalue weighted by molar-refractivity contribution is 7.80. The summed E-state index contributed by atoms with van der Waals surface area (Å²) in [4.78, 5) is 10.5. The first-order valence-corrected chi connectivity index (χ1v) is 4.11. The molecule has 0 saturated carbocycles. The van der Waals surface area contributed by atoms with E-state index in [2.05, 4.69) is 24.5 Å². The van der Waals surface area contributed by atoms with E-state index in [-0.39, 0.29) is 19.2 Å². The van der Waals surface area contributed by atoms with E-state index < -0.39 is 6.10 Å². The predicted molar refractivity (Wildman–Crippen MR) is 49.0 cm³/mol. The van der Waals surface area contributed by atoms with E-state index in [4.69, 9.17) is 9.84 Å². The lowest BCUT2D eigenvalue weighted by Crippen LogP contribution is -2.27. The Kier molecular flexibility index (Phi) is 6.84. The van der Waals surface area contributed by atoms with Crippen LogP contribution >= 0.6 is 12.6 Å². The highest BCUT2D eigenvalue weighted by Crippen LogP contribution is 1.86. The maximum absolute atomic E-state index is 10.5. The van der Waals surface area contributed by atoms with Gasteiger partial charge in [-0.25, -0.2) is 0 Å². The van der Waals surface area contributed by atoms with Crippen molar-refractivity contribution in [1.29, 1.82) is 0 Å². The molecule has 0 saturated heterocycles. The van der Waals surface area contributed by atoms with Crippen molar-refractivity contribution >= 4 is 18.5 Å². The van der Waals surface area contributed by atoms with Crippen LogP contribution in [0, 0.1) is 0 Å². The Labute approximate surface area is 77.0 Å². The molecule has 0 aliphatic heterocycles. The van der Waals surface area contributed by atoms with E-state index in [1.165, 1.54) is 0 Å². The predicted octanol–water partition coefficient (Wildman–Crippen LogP) is -0.447. The summed E-state index contributed by atoms with van der Waals surface area (Å²) in [6.45, 7) is 3.51. The van der Waals surface area contributed by atoms with Crippen LogP contribution in [0.3, 0.4) is 0 Å². The molecule has 0 aromatic carbocycles. The number of carbonyl (C=O) groups excluding carboxylic acids is 1. The summed E-state index contributed by atoms with van der Waals surface area (Å²) < 4.78 is 4.88. The van der Waals surface area contributed by atoms with Crippen LogP contribution in [-0.4, -0.2) is 36.2 Å². The molecule has 12 heavy (non-hydrogen) atoms. The van der Waals surface area contributed by atoms with Crippen molar-refractivity contribution in [2.75, 3.05) is 19.1 Å². The van der Waals surface area contributed by atoms with Gasteiger partial charge in [0.1, 0.15) is 6.73 Å². The first-order chi connectivity index (χ1) is 5.70. The maximum atomic E-state index is 10.5. The Morgan fingerprint density at radius 1 is 1.83 bits per heavy atom. The molecule has 5 heteroatoms. The van der Waals surface area contributed by atoms with E-state index in [0.717, 1.165) is 6.08 Å². The molecule has 0 radical (unpaired) electrons. The van der Waals surface area contributed by atoms with Crippen LogP contribution < -0.4 is 5.32 Å². The van der Waals surface area contributed by atoms with Gasteiger partial charge in [0.25, 0.3) is 0 Å². The van der Waals surface area contributed by atoms with Gasteiger partial charge >= 0.3 is 0 Å². The van der Waals surface area contributed by atoms with Gasteiger partial charge in [-0.2, -0.15) is 12.6 Å². The Balaban J connectivity index is 3.21. The van der Waals surface area contributed by atoms with Crippen LogP contribution in [0.2, 0.25) is 0 Å². The molecular formula is C7H13NO3S. The van der Waals surface area contributed by atoms with Crippen molar-refractivity contribution in [3.8, 4) is 0 Å². The van der Waals surface area contributed by atoms with Crippen molar-refractivity contribution in [3.63, 3.8) is 0 Å². The standard InChI is InChI=1S/C7H13NO3S/c1-2-7(10)8-5-11-3-6(9)4-12/h2,6,9,12H,1,3-5H2,(H,8,10). The minimum absolute atomic E-state index is 0.0791. The smallest absolute Gasteiger partial charge is 0.245 e. The lowest BCUT2D eigenvalue weighted by Gasteiger charge is -2.07. The number of carbonyl (C=O) groups is 1. The Morgan fingerprint density at radius 3 is 3.00 bits per heavy atom. The number of hydrogen-bond acceptors (Lipinski definition) is 4. The molecule has 0 fully saturated rings. The third-order valence-electron chi connectivity index (χ3n) is 1.05. The number of nitrogens with one attached hydrogen (secondary N) is 1. The fourth-order valence-corrected chi connectivity index (χ4v) is 0.547. The summed E-state index contributed by atoms with van der Waals surface area (Å²) in [5.41, 5.74) is 0. The molecule has 0 spiro atoms. The second-order valence-electron chi connectivity index (χ2n) is 2.10. The fourth-order valence-electron chi connectivity index (χ4n) is 0.442. The molecule has 0 bridgehead atoms.